The first-order valence-corrected chi connectivity index (χ1v) is 6.87. The molecule has 0 fully saturated rings. The van der Waals surface area contributed by atoms with Crippen LogP contribution in [0, 0.1) is 6.92 Å². The van der Waals surface area contributed by atoms with E-state index in [2.05, 4.69) is 19.7 Å². The minimum absolute atomic E-state index is 0.154. The van der Waals surface area contributed by atoms with Crippen molar-refractivity contribution in [3.8, 4) is 0 Å². The van der Waals surface area contributed by atoms with Crippen LogP contribution in [0.3, 0.4) is 0 Å². The summed E-state index contributed by atoms with van der Waals surface area (Å²) >= 11 is 2.80. The molecule has 0 radical (unpaired) electrons. The fourth-order valence-electron chi connectivity index (χ4n) is 1.54. The van der Waals surface area contributed by atoms with E-state index in [4.69, 9.17) is 0 Å². The average molecular weight is 279 g/mol. The molecule has 0 aliphatic rings. The predicted octanol–water partition coefficient (Wildman–Crippen LogP) is 1.74. The largest absolute Gasteiger partial charge is 0.297 e. The summed E-state index contributed by atoms with van der Waals surface area (Å²) in [5.74, 6) is 0.210. The molecule has 0 bridgehead atoms. The predicted molar refractivity (Wildman–Crippen MR) is 70.0 cm³/mol. The quantitative estimate of drug-likeness (QED) is 0.792. The van der Waals surface area contributed by atoms with E-state index in [1.807, 2.05) is 29.1 Å². The molecule has 1 N–H and O–H groups in total. The Morgan fingerprint density at radius 3 is 3.11 bits per heavy atom. The molecule has 0 atom stereocenters. The third-order valence-electron chi connectivity index (χ3n) is 2.26. The van der Waals surface area contributed by atoms with Gasteiger partial charge < -0.3 is 0 Å². The number of aryl methyl sites for hydroxylation is 1. The lowest BCUT2D eigenvalue weighted by Gasteiger charge is -1.97. The summed E-state index contributed by atoms with van der Waals surface area (Å²) in [4.78, 5) is 21.1. The van der Waals surface area contributed by atoms with E-state index in [1.54, 1.807) is 0 Å². The Labute approximate surface area is 110 Å². The lowest BCUT2D eigenvalue weighted by molar-refractivity contribution is -0.115. The van der Waals surface area contributed by atoms with E-state index in [-0.39, 0.29) is 12.3 Å². The third-order valence-corrected chi connectivity index (χ3v) is 3.65. The molecule has 1 amide bonds. The second kappa shape index (κ2) is 4.46. The molecule has 3 heterocycles. The van der Waals surface area contributed by atoms with Gasteiger partial charge in [0.2, 0.25) is 11.9 Å². The van der Waals surface area contributed by atoms with Gasteiger partial charge in [0.25, 0.3) is 0 Å². The summed E-state index contributed by atoms with van der Waals surface area (Å²) in [6.07, 6.45) is 4.00. The van der Waals surface area contributed by atoms with Crippen molar-refractivity contribution in [1.82, 2.24) is 18.7 Å². The van der Waals surface area contributed by atoms with Gasteiger partial charge in [0.1, 0.15) is 5.01 Å². The Balaban J connectivity index is 1.69. The van der Waals surface area contributed by atoms with Gasteiger partial charge in [0.05, 0.1) is 12.1 Å². The molecule has 0 aliphatic heterocycles. The van der Waals surface area contributed by atoms with E-state index in [0.717, 1.165) is 15.7 Å². The van der Waals surface area contributed by atoms with Crippen molar-refractivity contribution in [1.29, 1.82) is 0 Å². The molecular formula is C10H9N5OS2. The second-order valence-electron chi connectivity index (χ2n) is 3.69. The Bertz CT molecular complexity index is 669. The van der Waals surface area contributed by atoms with Crippen molar-refractivity contribution in [3.63, 3.8) is 0 Å². The molecule has 6 nitrogen and oxygen atoms in total. The minimum Gasteiger partial charge on any atom is -0.297 e. The molecule has 8 heteroatoms. The third kappa shape index (κ3) is 2.24. The zero-order chi connectivity index (χ0) is 12.5. The van der Waals surface area contributed by atoms with Crippen LogP contribution in [0.25, 0.3) is 4.96 Å². The highest BCUT2D eigenvalue weighted by molar-refractivity contribution is 7.15. The van der Waals surface area contributed by atoms with Gasteiger partial charge in [-0.3, -0.25) is 14.5 Å². The summed E-state index contributed by atoms with van der Waals surface area (Å²) in [6.45, 7) is 1.84. The number of nitrogens with one attached hydrogen (secondary N) is 1. The molecule has 3 aromatic rings. The van der Waals surface area contributed by atoms with Gasteiger partial charge in [0.15, 0.2) is 4.96 Å². The van der Waals surface area contributed by atoms with Crippen LogP contribution in [0.1, 0.15) is 10.7 Å². The van der Waals surface area contributed by atoms with Crippen LogP contribution in [0.5, 0.6) is 0 Å². The first kappa shape index (κ1) is 11.3. The number of rotatable bonds is 3. The van der Waals surface area contributed by atoms with Crippen LogP contribution < -0.4 is 5.32 Å². The van der Waals surface area contributed by atoms with Gasteiger partial charge in [-0.25, -0.2) is 9.97 Å². The Morgan fingerprint density at radius 1 is 1.50 bits per heavy atom. The van der Waals surface area contributed by atoms with E-state index in [0.29, 0.717) is 5.95 Å². The molecule has 92 valence electrons. The molecule has 0 saturated heterocycles. The highest BCUT2D eigenvalue weighted by atomic mass is 32.1. The van der Waals surface area contributed by atoms with Crippen molar-refractivity contribution < 1.29 is 4.79 Å². The van der Waals surface area contributed by atoms with Crippen LogP contribution in [0.2, 0.25) is 0 Å². The number of carbonyl (C=O) groups excluding carboxylic acids is 1. The molecule has 0 unspecified atom stereocenters. The monoisotopic (exact) mass is 279 g/mol. The topological polar surface area (TPSA) is 72.2 Å². The lowest BCUT2D eigenvalue weighted by Crippen LogP contribution is -2.15. The number of thiazole rings is 1. The normalized spacial score (nSPS) is 10.9. The number of fused-ring (bicyclic) bond motifs is 1. The van der Waals surface area contributed by atoms with E-state index >= 15 is 0 Å². The van der Waals surface area contributed by atoms with Crippen LogP contribution in [-0.4, -0.2) is 24.6 Å². The smallest absolute Gasteiger partial charge is 0.241 e. The maximum atomic E-state index is 11.8. The second-order valence-corrected chi connectivity index (χ2v) is 5.52. The lowest BCUT2D eigenvalue weighted by atomic mass is 10.3. The average Bonchev–Trinajstić information content (AvgIpc) is 2.94. The van der Waals surface area contributed by atoms with Gasteiger partial charge in [-0.1, -0.05) is 0 Å². The number of carbonyl (C=O) groups is 1. The molecule has 0 spiro atoms. The fourth-order valence-corrected chi connectivity index (χ4v) is 2.70. The number of hydrogen-bond donors (Lipinski definition) is 1. The minimum atomic E-state index is -0.154. The summed E-state index contributed by atoms with van der Waals surface area (Å²) in [7, 11) is 0. The highest BCUT2D eigenvalue weighted by Gasteiger charge is 2.10. The number of anilines is 1. The Hall–Kier alpha value is -1.80. The maximum absolute atomic E-state index is 11.8. The Morgan fingerprint density at radius 2 is 2.39 bits per heavy atom. The fraction of sp³-hybridized carbons (Fsp3) is 0.200. The number of nitrogens with zero attached hydrogens (tertiary/aromatic N) is 4. The first-order valence-electron chi connectivity index (χ1n) is 5.22. The molecule has 3 aromatic heterocycles. The van der Waals surface area contributed by atoms with Crippen molar-refractivity contribution in [2.24, 2.45) is 0 Å². The molecule has 0 saturated carbocycles. The highest BCUT2D eigenvalue weighted by Crippen LogP contribution is 2.12. The first-order chi connectivity index (χ1) is 8.70. The van der Waals surface area contributed by atoms with Gasteiger partial charge in [-0.2, -0.15) is 4.37 Å². The van der Waals surface area contributed by atoms with Crippen molar-refractivity contribution in [2.75, 3.05) is 5.32 Å². The van der Waals surface area contributed by atoms with Crippen LogP contribution in [-0.2, 0) is 11.2 Å². The van der Waals surface area contributed by atoms with E-state index < -0.39 is 0 Å². The SMILES string of the molecule is Cc1nc(NC(=O)Cc2cn3ccsc3n2)ns1. The summed E-state index contributed by atoms with van der Waals surface area (Å²) in [6, 6.07) is 0. The van der Waals surface area contributed by atoms with Gasteiger partial charge in [-0.05, 0) is 18.5 Å². The molecule has 18 heavy (non-hydrogen) atoms. The van der Waals surface area contributed by atoms with E-state index in [1.165, 1.54) is 22.9 Å². The molecular weight excluding hydrogens is 270 g/mol. The number of amides is 1. The van der Waals surface area contributed by atoms with Crippen molar-refractivity contribution >= 4 is 39.7 Å². The summed E-state index contributed by atoms with van der Waals surface area (Å²) in [5.41, 5.74) is 0.742. The Kier molecular flexibility index (Phi) is 2.80. The van der Waals surface area contributed by atoms with Gasteiger partial charge in [0, 0.05) is 17.8 Å². The molecule has 0 aliphatic carbocycles. The zero-order valence-corrected chi connectivity index (χ0v) is 11.1. The van der Waals surface area contributed by atoms with Gasteiger partial charge >= 0.3 is 0 Å². The standard InChI is InChI=1S/C10H9N5OS2/c1-6-11-9(14-18-6)13-8(16)4-7-5-15-2-3-17-10(15)12-7/h2-3,5H,4H2,1H3,(H,13,14,16). The van der Waals surface area contributed by atoms with Crippen LogP contribution in [0.15, 0.2) is 17.8 Å². The van der Waals surface area contributed by atoms with Crippen molar-refractivity contribution in [3.05, 3.63) is 28.5 Å². The van der Waals surface area contributed by atoms with Gasteiger partial charge in [-0.15, -0.1) is 11.3 Å². The number of aromatic nitrogens is 4. The van der Waals surface area contributed by atoms with Crippen molar-refractivity contribution in [2.45, 2.75) is 13.3 Å². The number of hydrogen-bond acceptors (Lipinski definition) is 6. The van der Waals surface area contributed by atoms with Crippen LogP contribution >= 0.6 is 22.9 Å². The summed E-state index contributed by atoms with van der Waals surface area (Å²) < 4.78 is 5.91. The summed E-state index contributed by atoms with van der Waals surface area (Å²) in [5, 5.41) is 5.43. The zero-order valence-electron chi connectivity index (χ0n) is 9.45. The molecule has 0 aromatic carbocycles. The number of imidazole rings is 1. The van der Waals surface area contributed by atoms with Crippen LogP contribution in [0.4, 0.5) is 5.95 Å². The van der Waals surface area contributed by atoms with E-state index in [9.17, 15) is 4.79 Å². The molecule has 3 rings (SSSR count). The maximum Gasteiger partial charge on any atom is 0.241 e.